The van der Waals surface area contributed by atoms with Crippen LogP contribution in [0.4, 0.5) is 10.1 Å². The molecule has 2 aromatic carbocycles. The standard InChI is InChI=1S/C32H31Cl2FN4O3S/c1-38(15-21-28(36-42-30(21)16-5-6-16)26-22(33)3-2-4-23(26)34)20-13-32(14-20)11-17-7-8-18(12-32)39(17)19-9-24(35)27-25(10-19)43-37-29(27)31(40)41/h2-4,9-10,16-18,20H,5-8,11-15H2,1H3,(H,40,41). The Morgan fingerprint density at radius 1 is 1.14 bits per heavy atom. The van der Waals surface area contributed by atoms with Crippen LogP contribution in [0.25, 0.3) is 21.3 Å². The number of piperidine rings is 1. The summed E-state index contributed by atoms with van der Waals surface area (Å²) in [6.45, 7) is 0.735. The maximum Gasteiger partial charge on any atom is 0.356 e. The van der Waals surface area contributed by atoms with Crippen LogP contribution in [0.3, 0.4) is 0 Å². The van der Waals surface area contributed by atoms with Crippen LogP contribution in [0.2, 0.25) is 10.0 Å². The van der Waals surface area contributed by atoms with Gasteiger partial charge >= 0.3 is 5.97 Å². The van der Waals surface area contributed by atoms with E-state index in [0.29, 0.717) is 44.2 Å². The summed E-state index contributed by atoms with van der Waals surface area (Å²) in [4.78, 5) is 16.4. The molecule has 2 unspecified atom stereocenters. The van der Waals surface area contributed by atoms with E-state index in [1.807, 2.05) is 24.3 Å². The largest absolute Gasteiger partial charge is 0.476 e. The molecule has 8 rings (SSSR count). The Hall–Kier alpha value is -2.72. The summed E-state index contributed by atoms with van der Waals surface area (Å²) in [6, 6.07) is 10.2. The number of carbonyl (C=O) groups is 1. The van der Waals surface area contributed by atoms with Crippen LogP contribution < -0.4 is 4.90 Å². The summed E-state index contributed by atoms with van der Waals surface area (Å²) in [5, 5.41) is 15.1. The van der Waals surface area contributed by atoms with E-state index < -0.39 is 11.8 Å². The number of carboxylic acid groups (broad SMARTS) is 1. The summed E-state index contributed by atoms with van der Waals surface area (Å²) < 4.78 is 25.7. The highest BCUT2D eigenvalue weighted by Gasteiger charge is 2.55. The lowest BCUT2D eigenvalue weighted by Gasteiger charge is -2.57. The fraction of sp³-hybridized carbons (Fsp3) is 0.469. The number of rotatable bonds is 7. The quantitative estimate of drug-likeness (QED) is 0.217. The van der Waals surface area contributed by atoms with Gasteiger partial charge in [0.15, 0.2) is 5.69 Å². The van der Waals surface area contributed by atoms with E-state index in [-0.39, 0.29) is 11.1 Å². The zero-order chi connectivity index (χ0) is 29.6. The minimum absolute atomic E-state index is 0.115. The van der Waals surface area contributed by atoms with E-state index in [0.717, 1.165) is 97.7 Å². The molecule has 2 saturated carbocycles. The lowest BCUT2D eigenvalue weighted by atomic mass is 9.58. The maximum absolute atomic E-state index is 15.2. The first kappa shape index (κ1) is 27.8. The molecule has 4 heterocycles. The minimum Gasteiger partial charge on any atom is -0.476 e. The van der Waals surface area contributed by atoms with Crippen LogP contribution in [0.5, 0.6) is 0 Å². The van der Waals surface area contributed by atoms with Crippen LogP contribution in [0.1, 0.15) is 79.1 Å². The van der Waals surface area contributed by atoms with Crippen molar-refractivity contribution < 1.29 is 18.8 Å². The van der Waals surface area contributed by atoms with E-state index in [9.17, 15) is 9.90 Å². The third-order valence-electron chi connectivity index (χ3n) is 10.3. The van der Waals surface area contributed by atoms with Gasteiger partial charge in [-0.1, -0.05) is 34.4 Å². The first-order chi connectivity index (χ1) is 20.7. The van der Waals surface area contributed by atoms with Gasteiger partial charge in [-0.25, -0.2) is 9.18 Å². The predicted molar refractivity (Wildman–Crippen MR) is 166 cm³/mol. The number of benzene rings is 2. The molecule has 4 aliphatic rings. The minimum atomic E-state index is -1.20. The Bertz CT molecular complexity index is 1730. The lowest BCUT2D eigenvalue weighted by molar-refractivity contribution is -0.0199. The molecule has 11 heteroatoms. The van der Waals surface area contributed by atoms with Crippen molar-refractivity contribution >= 4 is 56.5 Å². The molecule has 4 fully saturated rings. The number of anilines is 1. The molecule has 0 radical (unpaired) electrons. The second-order valence-electron chi connectivity index (χ2n) is 13.1. The highest BCUT2D eigenvalue weighted by molar-refractivity contribution is 7.13. The fourth-order valence-electron chi connectivity index (χ4n) is 8.20. The second-order valence-corrected chi connectivity index (χ2v) is 14.7. The van der Waals surface area contributed by atoms with Crippen LogP contribution in [0.15, 0.2) is 34.9 Å². The van der Waals surface area contributed by atoms with Gasteiger partial charge in [-0.2, -0.15) is 4.37 Å². The van der Waals surface area contributed by atoms with E-state index in [1.165, 1.54) is 6.07 Å². The normalized spacial score (nSPS) is 26.5. The number of carboxylic acids is 1. The highest BCUT2D eigenvalue weighted by atomic mass is 35.5. The maximum atomic E-state index is 15.2. The molecule has 2 aromatic heterocycles. The van der Waals surface area contributed by atoms with Gasteiger partial charge < -0.3 is 14.5 Å². The molecule has 7 nitrogen and oxygen atoms in total. The molecule has 1 N–H and O–H groups in total. The molecule has 2 saturated heterocycles. The van der Waals surface area contributed by atoms with Crippen molar-refractivity contribution in [3.63, 3.8) is 0 Å². The Morgan fingerprint density at radius 3 is 2.49 bits per heavy atom. The summed E-state index contributed by atoms with van der Waals surface area (Å²) in [5.74, 6) is -0.304. The third-order valence-corrected chi connectivity index (χ3v) is 11.7. The molecule has 2 aliphatic carbocycles. The second kappa shape index (κ2) is 10.2. The van der Waals surface area contributed by atoms with Crippen LogP contribution in [-0.2, 0) is 6.54 Å². The van der Waals surface area contributed by atoms with Crippen LogP contribution in [-0.4, -0.2) is 50.7 Å². The summed E-state index contributed by atoms with van der Waals surface area (Å²) >= 11 is 14.2. The average Bonchev–Trinajstić information content (AvgIpc) is 3.46. The zero-order valence-corrected chi connectivity index (χ0v) is 26.0. The first-order valence-electron chi connectivity index (χ1n) is 14.9. The highest BCUT2D eigenvalue weighted by Crippen LogP contribution is 2.58. The molecular weight excluding hydrogens is 610 g/mol. The number of halogens is 3. The smallest absolute Gasteiger partial charge is 0.356 e. The van der Waals surface area contributed by atoms with Crippen molar-refractivity contribution in [2.24, 2.45) is 5.41 Å². The van der Waals surface area contributed by atoms with E-state index in [1.54, 1.807) is 0 Å². The molecule has 0 amide bonds. The zero-order valence-electron chi connectivity index (χ0n) is 23.7. The Balaban J connectivity index is 0.989. The lowest BCUT2D eigenvalue weighted by Crippen LogP contribution is -2.57. The van der Waals surface area contributed by atoms with Gasteiger partial charge in [0.25, 0.3) is 0 Å². The van der Waals surface area contributed by atoms with Crippen LogP contribution >= 0.6 is 34.7 Å². The van der Waals surface area contributed by atoms with Crippen molar-refractivity contribution in [2.75, 3.05) is 11.9 Å². The summed E-state index contributed by atoms with van der Waals surface area (Å²) in [6.07, 6.45) is 8.91. The van der Waals surface area contributed by atoms with Crippen molar-refractivity contribution in [1.29, 1.82) is 0 Å². The van der Waals surface area contributed by atoms with Crippen molar-refractivity contribution in [3.05, 3.63) is 63.2 Å². The van der Waals surface area contributed by atoms with Crippen molar-refractivity contribution in [2.45, 2.75) is 82.0 Å². The average molecular weight is 642 g/mol. The van der Waals surface area contributed by atoms with Gasteiger partial charge in [0, 0.05) is 47.4 Å². The number of nitrogens with zero attached hydrogens (tertiary/aromatic N) is 4. The number of aromatic carboxylic acids is 1. The fourth-order valence-corrected chi connectivity index (χ4v) is 9.59. The Morgan fingerprint density at radius 2 is 1.84 bits per heavy atom. The molecular formula is C32H31Cl2FN4O3S. The Kier molecular flexibility index (Phi) is 6.57. The topological polar surface area (TPSA) is 82.7 Å². The molecule has 2 bridgehead atoms. The van der Waals surface area contributed by atoms with Gasteiger partial charge in [0.2, 0.25) is 0 Å². The van der Waals surface area contributed by atoms with E-state index in [2.05, 4.69) is 26.4 Å². The van der Waals surface area contributed by atoms with Gasteiger partial charge in [-0.3, -0.25) is 4.90 Å². The number of fused-ring (bicyclic) bond motifs is 3. The van der Waals surface area contributed by atoms with Crippen molar-refractivity contribution in [3.8, 4) is 11.3 Å². The van der Waals surface area contributed by atoms with Gasteiger partial charge in [-0.15, -0.1) is 0 Å². The number of aromatic nitrogens is 2. The monoisotopic (exact) mass is 640 g/mol. The third kappa shape index (κ3) is 4.57. The molecule has 224 valence electrons. The van der Waals surface area contributed by atoms with E-state index >= 15 is 4.39 Å². The summed E-state index contributed by atoms with van der Waals surface area (Å²) in [7, 11) is 2.20. The molecule has 4 aromatic rings. The van der Waals surface area contributed by atoms with Crippen LogP contribution in [0, 0.1) is 11.2 Å². The first-order valence-corrected chi connectivity index (χ1v) is 16.5. The summed E-state index contributed by atoms with van der Waals surface area (Å²) in [5.41, 5.74) is 3.55. The molecule has 1 spiro atoms. The predicted octanol–water partition coefficient (Wildman–Crippen LogP) is 8.38. The number of hydrogen-bond donors (Lipinski definition) is 1. The van der Waals surface area contributed by atoms with Crippen molar-refractivity contribution in [1.82, 2.24) is 14.4 Å². The SMILES string of the molecule is CN(Cc1c(-c2c(Cl)cccc2Cl)noc1C1CC1)C1CC2(C1)CC1CCC(C2)N1c1cc(F)c2c(C(=O)O)nsc2c1. The van der Waals surface area contributed by atoms with Gasteiger partial charge in [0.1, 0.15) is 17.3 Å². The van der Waals surface area contributed by atoms with E-state index in [4.69, 9.17) is 27.7 Å². The van der Waals surface area contributed by atoms with Gasteiger partial charge in [0.05, 0.1) is 20.1 Å². The molecule has 2 atom stereocenters. The van der Waals surface area contributed by atoms with Gasteiger partial charge in [-0.05, 0) is 99.6 Å². The number of hydrogen-bond acceptors (Lipinski definition) is 7. The molecule has 2 aliphatic heterocycles. The Labute approximate surface area is 262 Å². The molecule has 43 heavy (non-hydrogen) atoms.